The maximum Gasteiger partial charge on any atom is 0.0359 e. The first-order chi connectivity index (χ1) is 6.55. The van der Waals surface area contributed by atoms with Crippen molar-refractivity contribution in [3.63, 3.8) is 0 Å². The summed E-state index contributed by atoms with van der Waals surface area (Å²) in [7, 11) is 0. The van der Waals surface area contributed by atoms with Crippen LogP contribution in [0.2, 0.25) is 0 Å². The smallest absolute Gasteiger partial charge is 0.0359 e. The number of rotatable bonds is 4. The van der Waals surface area contributed by atoms with Crippen LogP contribution in [0.3, 0.4) is 0 Å². The van der Waals surface area contributed by atoms with Crippen LogP contribution in [0.25, 0.3) is 0 Å². The standard InChI is InChI=1S/C12H20N2/c1-4-12(2,3)14-9-10-7-5-6-8-11(10)13/h5-8,14H,4,9,13H2,1-3H3. The summed E-state index contributed by atoms with van der Waals surface area (Å²) in [5.74, 6) is 0. The summed E-state index contributed by atoms with van der Waals surface area (Å²) >= 11 is 0. The Labute approximate surface area is 86.5 Å². The van der Waals surface area contributed by atoms with Crippen molar-refractivity contribution >= 4 is 5.69 Å². The molecule has 1 aromatic carbocycles. The third kappa shape index (κ3) is 3.04. The normalized spacial score (nSPS) is 11.6. The molecule has 0 unspecified atom stereocenters. The van der Waals surface area contributed by atoms with E-state index in [0.717, 1.165) is 18.7 Å². The summed E-state index contributed by atoms with van der Waals surface area (Å²) in [6, 6.07) is 7.99. The summed E-state index contributed by atoms with van der Waals surface area (Å²) < 4.78 is 0. The lowest BCUT2D eigenvalue weighted by Gasteiger charge is -2.24. The van der Waals surface area contributed by atoms with Crippen LogP contribution in [0, 0.1) is 0 Å². The summed E-state index contributed by atoms with van der Waals surface area (Å²) in [6.07, 6.45) is 1.11. The Bertz CT molecular complexity index is 292. The second-order valence-electron chi connectivity index (χ2n) is 4.29. The number of benzene rings is 1. The fourth-order valence-electron chi connectivity index (χ4n) is 1.15. The highest BCUT2D eigenvalue weighted by atomic mass is 14.9. The van der Waals surface area contributed by atoms with Gasteiger partial charge < -0.3 is 11.1 Å². The first kappa shape index (κ1) is 11.1. The predicted molar refractivity (Wildman–Crippen MR) is 62.1 cm³/mol. The number of hydrogen-bond donors (Lipinski definition) is 2. The van der Waals surface area contributed by atoms with Gasteiger partial charge in [0, 0.05) is 17.8 Å². The van der Waals surface area contributed by atoms with Crippen molar-refractivity contribution in [2.45, 2.75) is 39.3 Å². The molecule has 0 radical (unpaired) electrons. The second-order valence-corrected chi connectivity index (χ2v) is 4.29. The average molecular weight is 192 g/mol. The average Bonchev–Trinajstić information content (AvgIpc) is 2.17. The molecule has 0 heterocycles. The van der Waals surface area contributed by atoms with Gasteiger partial charge in [-0.25, -0.2) is 0 Å². The molecule has 0 amide bonds. The summed E-state index contributed by atoms with van der Waals surface area (Å²) in [5.41, 5.74) is 8.08. The zero-order valence-corrected chi connectivity index (χ0v) is 9.30. The molecular formula is C12H20N2. The van der Waals surface area contributed by atoms with E-state index < -0.39 is 0 Å². The molecule has 0 aliphatic rings. The van der Waals surface area contributed by atoms with Gasteiger partial charge in [0.1, 0.15) is 0 Å². The van der Waals surface area contributed by atoms with Crippen LogP contribution in [0.5, 0.6) is 0 Å². The molecule has 0 aliphatic carbocycles. The van der Waals surface area contributed by atoms with E-state index in [-0.39, 0.29) is 5.54 Å². The van der Waals surface area contributed by atoms with Gasteiger partial charge in [-0.05, 0) is 31.9 Å². The van der Waals surface area contributed by atoms with Gasteiger partial charge in [0.25, 0.3) is 0 Å². The van der Waals surface area contributed by atoms with Gasteiger partial charge in [-0.2, -0.15) is 0 Å². The molecule has 1 rings (SSSR count). The van der Waals surface area contributed by atoms with Crippen LogP contribution in [-0.2, 0) is 6.54 Å². The van der Waals surface area contributed by atoms with E-state index in [1.165, 1.54) is 5.56 Å². The lowest BCUT2D eigenvalue weighted by atomic mass is 10.0. The molecule has 0 saturated carbocycles. The summed E-state index contributed by atoms with van der Waals surface area (Å²) in [4.78, 5) is 0. The molecule has 0 aliphatic heterocycles. The molecule has 14 heavy (non-hydrogen) atoms. The zero-order chi connectivity index (χ0) is 10.6. The Morgan fingerprint density at radius 3 is 2.50 bits per heavy atom. The van der Waals surface area contributed by atoms with E-state index >= 15 is 0 Å². The van der Waals surface area contributed by atoms with E-state index in [0.29, 0.717) is 0 Å². The second kappa shape index (κ2) is 4.47. The highest BCUT2D eigenvalue weighted by Crippen LogP contribution is 2.13. The first-order valence-corrected chi connectivity index (χ1v) is 5.13. The van der Waals surface area contributed by atoms with E-state index in [1.807, 2.05) is 18.2 Å². The van der Waals surface area contributed by atoms with Crippen LogP contribution in [0.1, 0.15) is 32.8 Å². The van der Waals surface area contributed by atoms with Gasteiger partial charge in [-0.15, -0.1) is 0 Å². The van der Waals surface area contributed by atoms with E-state index in [1.54, 1.807) is 0 Å². The Morgan fingerprint density at radius 1 is 1.29 bits per heavy atom. The SMILES string of the molecule is CCC(C)(C)NCc1ccccc1N. The molecule has 0 aromatic heterocycles. The quantitative estimate of drug-likeness (QED) is 0.719. The highest BCUT2D eigenvalue weighted by Gasteiger charge is 2.13. The minimum absolute atomic E-state index is 0.183. The Kier molecular flexibility index (Phi) is 3.53. The van der Waals surface area contributed by atoms with Crippen molar-refractivity contribution in [1.29, 1.82) is 0 Å². The predicted octanol–water partition coefficient (Wildman–Crippen LogP) is 2.55. The Hall–Kier alpha value is -1.02. The molecular weight excluding hydrogens is 172 g/mol. The topological polar surface area (TPSA) is 38.0 Å². The molecule has 78 valence electrons. The fourth-order valence-corrected chi connectivity index (χ4v) is 1.15. The van der Waals surface area contributed by atoms with Gasteiger partial charge in [0.15, 0.2) is 0 Å². The molecule has 2 nitrogen and oxygen atoms in total. The van der Waals surface area contributed by atoms with Crippen LogP contribution in [-0.4, -0.2) is 5.54 Å². The number of para-hydroxylation sites is 1. The Morgan fingerprint density at radius 2 is 1.93 bits per heavy atom. The lowest BCUT2D eigenvalue weighted by molar-refractivity contribution is 0.375. The zero-order valence-electron chi connectivity index (χ0n) is 9.30. The highest BCUT2D eigenvalue weighted by molar-refractivity contribution is 5.46. The monoisotopic (exact) mass is 192 g/mol. The molecule has 1 aromatic rings. The molecule has 0 atom stereocenters. The third-order valence-corrected chi connectivity index (χ3v) is 2.70. The molecule has 0 spiro atoms. The van der Waals surface area contributed by atoms with Gasteiger partial charge in [0.05, 0.1) is 0 Å². The van der Waals surface area contributed by atoms with Gasteiger partial charge in [0.2, 0.25) is 0 Å². The van der Waals surface area contributed by atoms with Crippen molar-refractivity contribution < 1.29 is 0 Å². The van der Waals surface area contributed by atoms with Gasteiger partial charge >= 0.3 is 0 Å². The molecule has 0 bridgehead atoms. The lowest BCUT2D eigenvalue weighted by Crippen LogP contribution is -2.37. The van der Waals surface area contributed by atoms with E-state index in [2.05, 4.69) is 32.2 Å². The summed E-state index contributed by atoms with van der Waals surface area (Å²) in [6.45, 7) is 7.42. The van der Waals surface area contributed by atoms with Crippen molar-refractivity contribution in [3.8, 4) is 0 Å². The minimum Gasteiger partial charge on any atom is -0.398 e. The van der Waals surface area contributed by atoms with Crippen molar-refractivity contribution in [2.24, 2.45) is 0 Å². The molecule has 2 heteroatoms. The first-order valence-electron chi connectivity index (χ1n) is 5.13. The van der Waals surface area contributed by atoms with Crippen molar-refractivity contribution in [3.05, 3.63) is 29.8 Å². The maximum atomic E-state index is 5.85. The number of nitrogens with two attached hydrogens (primary N) is 1. The van der Waals surface area contributed by atoms with Crippen LogP contribution >= 0.6 is 0 Å². The third-order valence-electron chi connectivity index (χ3n) is 2.70. The number of nitrogen functional groups attached to an aromatic ring is 1. The van der Waals surface area contributed by atoms with Crippen LogP contribution in [0.15, 0.2) is 24.3 Å². The largest absolute Gasteiger partial charge is 0.398 e. The van der Waals surface area contributed by atoms with E-state index in [9.17, 15) is 0 Å². The van der Waals surface area contributed by atoms with Gasteiger partial charge in [-0.1, -0.05) is 25.1 Å². The number of anilines is 1. The van der Waals surface area contributed by atoms with Crippen molar-refractivity contribution in [2.75, 3.05) is 5.73 Å². The number of hydrogen-bond acceptors (Lipinski definition) is 2. The fraction of sp³-hybridized carbons (Fsp3) is 0.500. The summed E-state index contributed by atoms with van der Waals surface area (Å²) in [5, 5.41) is 3.49. The minimum atomic E-state index is 0.183. The molecule has 0 saturated heterocycles. The van der Waals surface area contributed by atoms with Crippen LogP contribution in [0.4, 0.5) is 5.69 Å². The van der Waals surface area contributed by atoms with Crippen molar-refractivity contribution in [1.82, 2.24) is 5.32 Å². The van der Waals surface area contributed by atoms with Crippen LogP contribution < -0.4 is 11.1 Å². The Balaban J connectivity index is 2.58. The number of nitrogens with one attached hydrogen (secondary N) is 1. The molecule has 0 fully saturated rings. The van der Waals surface area contributed by atoms with Gasteiger partial charge in [-0.3, -0.25) is 0 Å². The molecule has 3 N–H and O–H groups in total. The van der Waals surface area contributed by atoms with E-state index in [4.69, 9.17) is 5.73 Å². The maximum absolute atomic E-state index is 5.85.